The Kier molecular flexibility index (Phi) is 1.91. The van der Waals surface area contributed by atoms with Crippen LogP contribution in [0.1, 0.15) is 25.7 Å². The van der Waals surface area contributed by atoms with E-state index in [1.165, 1.54) is 31.3 Å². The van der Waals surface area contributed by atoms with Crippen molar-refractivity contribution in [2.75, 3.05) is 7.05 Å². The second-order valence-corrected chi connectivity index (χ2v) is 3.81. The van der Waals surface area contributed by atoms with Gasteiger partial charge in [0.1, 0.15) is 0 Å². The van der Waals surface area contributed by atoms with Crippen LogP contribution in [0.15, 0.2) is 11.6 Å². The fourth-order valence-electron chi connectivity index (χ4n) is 1.63. The minimum absolute atomic E-state index is 0.0730. The van der Waals surface area contributed by atoms with Crippen molar-refractivity contribution in [3.05, 3.63) is 11.6 Å². The topological polar surface area (TPSA) is 29.1 Å². The molecule has 0 atom stereocenters. The molecule has 0 bridgehead atoms. The summed E-state index contributed by atoms with van der Waals surface area (Å²) in [5.74, 6) is 1.59. The van der Waals surface area contributed by atoms with E-state index in [1.807, 2.05) is 6.08 Å². The number of hydrogen-bond acceptors (Lipinski definition) is 1. The number of likely N-dealkylation sites (N-methyl/N-ethyl adjacent to an activating group) is 1. The van der Waals surface area contributed by atoms with Gasteiger partial charge in [0.05, 0.1) is 0 Å². The van der Waals surface area contributed by atoms with E-state index in [0.29, 0.717) is 0 Å². The molecular weight excluding hydrogens is 150 g/mol. The van der Waals surface area contributed by atoms with Crippen LogP contribution in [0.25, 0.3) is 0 Å². The van der Waals surface area contributed by atoms with Crippen molar-refractivity contribution in [2.45, 2.75) is 25.7 Å². The average Bonchev–Trinajstić information content (AvgIpc) is 2.87. The smallest absolute Gasteiger partial charge is 0.243 e. The lowest BCUT2D eigenvalue weighted by molar-refractivity contribution is -0.116. The summed E-state index contributed by atoms with van der Waals surface area (Å²) < 4.78 is 0. The molecule has 2 aliphatic rings. The van der Waals surface area contributed by atoms with Gasteiger partial charge in [-0.05, 0) is 37.5 Å². The maximum absolute atomic E-state index is 11.1. The summed E-state index contributed by atoms with van der Waals surface area (Å²) >= 11 is 0. The number of allylic oxidation sites excluding steroid dienone is 1. The van der Waals surface area contributed by atoms with Gasteiger partial charge < -0.3 is 5.32 Å². The van der Waals surface area contributed by atoms with E-state index in [9.17, 15) is 4.79 Å². The van der Waals surface area contributed by atoms with E-state index in [-0.39, 0.29) is 5.91 Å². The highest BCUT2D eigenvalue weighted by Crippen LogP contribution is 2.48. The molecule has 0 aromatic rings. The Hall–Kier alpha value is -0.790. The first-order chi connectivity index (χ1) is 5.81. The summed E-state index contributed by atoms with van der Waals surface area (Å²) in [5, 5.41) is 2.65. The Morgan fingerprint density at radius 1 is 1.25 bits per heavy atom. The van der Waals surface area contributed by atoms with Crippen molar-refractivity contribution >= 4 is 5.91 Å². The molecule has 2 nitrogen and oxygen atoms in total. The van der Waals surface area contributed by atoms with Crippen LogP contribution in [0, 0.1) is 11.8 Å². The van der Waals surface area contributed by atoms with Gasteiger partial charge in [-0.2, -0.15) is 0 Å². The fraction of sp³-hybridized carbons (Fsp3) is 0.700. The molecule has 1 amide bonds. The van der Waals surface area contributed by atoms with Crippen LogP contribution in [0.3, 0.4) is 0 Å². The monoisotopic (exact) mass is 165 g/mol. The third-order valence-electron chi connectivity index (χ3n) is 2.64. The largest absolute Gasteiger partial charge is 0.356 e. The van der Waals surface area contributed by atoms with Crippen LogP contribution < -0.4 is 5.32 Å². The Morgan fingerprint density at radius 3 is 2.08 bits per heavy atom. The van der Waals surface area contributed by atoms with Gasteiger partial charge >= 0.3 is 0 Å². The van der Waals surface area contributed by atoms with Gasteiger partial charge in [-0.1, -0.05) is 5.57 Å². The van der Waals surface area contributed by atoms with Crippen LogP contribution in [0.2, 0.25) is 0 Å². The summed E-state index contributed by atoms with van der Waals surface area (Å²) in [5.41, 5.74) is 1.43. The Balaban J connectivity index is 2.03. The summed E-state index contributed by atoms with van der Waals surface area (Å²) in [6.45, 7) is 0. The highest BCUT2D eigenvalue weighted by Gasteiger charge is 2.36. The van der Waals surface area contributed by atoms with Crippen LogP contribution in [-0.4, -0.2) is 13.0 Å². The molecule has 2 saturated carbocycles. The zero-order valence-corrected chi connectivity index (χ0v) is 7.47. The van der Waals surface area contributed by atoms with Crippen LogP contribution >= 0.6 is 0 Å². The molecule has 0 spiro atoms. The molecule has 66 valence electrons. The van der Waals surface area contributed by atoms with E-state index < -0.39 is 0 Å². The lowest BCUT2D eigenvalue weighted by atomic mass is 10.1. The molecule has 1 N–H and O–H groups in total. The Labute approximate surface area is 73.0 Å². The Morgan fingerprint density at radius 2 is 1.75 bits per heavy atom. The molecule has 2 fully saturated rings. The predicted octanol–water partition coefficient (Wildman–Crippen LogP) is 1.48. The van der Waals surface area contributed by atoms with Gasteiger partial charge in [-0.15, -0.1) is 0 Å². The van der Waals surface area contributed by atoms with Gasteiger partial charge in [0.15, 0.2) is 0 Å². The van der Waals surface area contributed by atoms with Crippen molar-refractivity contribution in [2.24, 2.45) is 11.8 Å². The number of carbonyl (C=O) groups is 1. The highest BCUT2D eigenvalue weighted by atomic mass is 16.1. The average molecular weight is 165 g/mol. The van der Waals surface area contributed by atoms with Crippen molar-refractivity contribution in [1.29, 1.82) is 0 Å². The lowest BCUT2D eigenvalue weighted by Gasteiger charge is -2.01. The molecule has 2 heteroatoms. The van der Waals surface area contributed by atoms with Crippen LogP contribution in [0.5, 0.6) is 0 Å². The molecule has 0 saturated heterocycles. The third-order valence-corrected chi connectivity index (χ3v) is 2.64. The van der Waals surface area contributed by atoms with E-state index in [4.69, 9.17) is 0 Å². The van der Waals surface area contributed by atoms with Crippen LogP contribution in [0.4, 0.5) is 0 Å². The molecule has 12 heavy (non-hydrogen) atoms. The van der Waals surface area contributed by atoms with Gasteiger partial charge in [0, 0.05) is 13.1 Å². The van der Waals surface area contributed by atoms with Crippen molar-refractivity contribution in [3.63, 3.8) is 0 Å². The minimum atomic E-state index is 0.0730. The molecule has 2 rings (SSSR count). The maximum Gasteiger partial charge on any atom is 0.243 e. The third kappa shape index (κ3) is 1.68. The lowest BCUT2D eigenvalue weighted by Crippen LogP contribution is -2.15. The number of nitrogens with one attached hydrogen (secondary N) is 1. The molecule has 0 heterocycles. The van der Waals surface area contributed by atoms with Gasteiger partial charge in [0.25, 0.3) is 0 Å². The van der Waals surface area contributed by atoms with Gasteiger partial charge in [-0.3, -0.25) is 4.79 Å². The van der Waals surface area contributed by atoms with Crippen molar-refractivity contribution in [3.8, 4) is 0 Å². The van der Waals surface area contributed by atoms with Crippen molar-refractivity contribution in [1.82, 2.24) is 5.32 Å². The number of amides is 1. The molecule has 0 radical (unpaired) electrons. The minimum Gasteiger partial charge on any atom is -0.356 e. The molecule has 0 aromatic heterocycles. The second-order valence-electron chi connectivity index (χ2n) is 3.81. The predicted molar refractivity (Wildman–Crippen MR) is 47.6 cm³/mol. The zero-order chi connectivity index (χ0) is 8.55. The number of carbonyl (C=O) groups excluding carboxylic acids is 1. The van der Waals surface area contributed by atoms with Crippen molar-refractivity contribution < 1.29 is 4.79 Å². The normalized spacial score (nSPS) is 21.8. The molecule has 2 aliphatic carbocycles. The van der Waals surface area contributed by atoms with Gasteiger partial charge in [-0.25, -0.2) is 0 Å². The first kappa shape index (κ1) is 7.84. The second kappa shape index (κ2) is 2.92. The Bertz CT molecular complexity index is 210. The first-order valence-electron chi connectivity index (χ1n) is 4.74. The molecule has 0 aromatic carbocycles. The quantitative estimate of drug-likeness (QED) is 0.630. The summed E-state index contributed by atoms with van der Waals surface area (Å²) in [6, 6.07) is 0. The first-order valence-corrected chi connectivity index (χ1v) is 4.74. The van der Waals surface area contributed by atoms with E-state index >= 15 is 0 Å². The van der Waals surface area contributed by atoms with E-state index in [1.54, 1.807) is 7.05 Å². The van der Waals surface area contributed by atoms with E-state index in [0.717, 1.165) is 11.8 Å². The summed E-state index contributed by atoms with van der Waals surface area (Å²) in [4.78, 5) is 11.1. The zero-order valence-electron chi connectivity index (χ0n) is 7.47. The van der Waals surface area contributed by atoms with Crippen LogP contribution in [-0.2, 0) is 4.79 Å². The van der Waals surface area contributed by atoms with E-state index in [2.05, 4.69) is 5.32 Å². The molecule has 0 unspecified atom stereocenters. The number of rotatable bonds is 3. The summed E-state index contributed by atoms with van der Waals surface area (Å²) in [6.07, 6.45) is 7.05. The number of hydrogen-bond donors (Lipinski definition) is 1. The fourth-order valence-corrected chi connectivity index (χ4v) is 1.63. The molecule has 0 aliphatic heterocycles. The molecular formula is C10H15NO. The SMILES string of the molecule is CNC(=O)C=C(C1CC1)C1CC1. The van der Waals surface area contributed by atoms with Gasteiger partial charge in [0.2, 0.25) is 5.91 Å². The maximum atomic E-state index is 11.1. The highest BCUT2D eigenvalue weighted by molar-refractivity contribution is 5.88. The summed E-state index contributed by atoms with van der Waals surface area (Å²) in [7, 11) is 1.69. The standard InChI is InChI=1S/C10H15NO/c1-11-10(12)6-9(7-2-3-7)8-4-5-8/h6-8H,2-5H2,1H3,(H,11,12).